The van der Waals surface area contributed by atoms with Crippen LogP contribution in [0.2, 0.25) is 0 Å². The van der Waals surface area contributed by atoms with Crippen LogP contribution >= 0.6 is 0 Å². The summed E-state index contributed by atoms with van der Waals surface area (Å²) in [6.07, 6.45) is 1.42. The van der Waals surface area contributed by atoms with Crippen molar-refractivity contribution in [3.05, 3.63) is 114 Å². The van der Waals surface area contributed by atoms with Crippen molar-refractivity contribution in [3.8, 4) is 11.5 Å². The van der Waals surface area contributed by atoms with Crippen LogP contribution in [0.5, 0.6) is 11.5 Å². The SMILES string of the molecule is CC1(C)CC(=O)C2=C(C1)N(c1ccc(Oc3ccccc3)cc1)C(=O)CC2c1cccc2ccccc12. The molecule has 0 aromatic heterocycles. The maximum absolute atomic E-state index is 13.8. The zero-order chi connectivity index (χ0) is 25.6. The van der Waals surface area contributed by atoms with E-state index in [1.165, 1.54) is 0 Å². The van der Waals surface area contributed by atoms with Crippen LogP contribution in [-0.2, 0) is 9.59 Å². The van der Waals surface area contributed by atoms with Crippen LogP contribution in [0.25, 0.3) is 10.8 Å². The number of carbonyl (C=O) groups excluding carboxylic acids is 2. The van der Waals surface area contributed by atoms with Crippen LogP contribution in [0.1, 0.15) is 44.6 Å². The summed E-state index contributed by atoms with van der Waals surface area (Å²) in [6.45, 7) is 4.21. The molecule has 1 aliphatic heterocycles. The first kappa shape index (κ1) is 23.2. The van der Waals surface area contributed by atoms with E-state index in [0.29, 0.717) is 18.6 Å². The summed E-state index contributed by atoms with van der Waals surface area (Å²) in [5.74, 6) is 1.37. The van der Waals surface area contributed by atoms with Crippen LogP contribution in [0, 0.1) is 5.41 Å². The van der Waals surface area contributed by atoms with Gasteiger partial charge >= 0.3 is 0 Å². The number of Topliss-reactive ketones (excluding diaryl/α,β-unsaturated/α-hetero) is 1. The first-order chi connectivity index (χ1) is 17.9. The minimum Gasteiger partial charge on any atom is -0.457 e. The molecule has 2 aliphatic rings. The molecular formula is C33H29NO3. The third-order valence-corrected chi connectivity index (χ3v) is 7.42. The largest absolute Gasteiger partial charge is 0.457 e. The van der Waals surface area contributed by atoms with Gasteiger partial charge in [0.2, 0.25) is 5.91 Å². The lowest BCUT2D eigenvalue weighted by Crippen LogP contribution is -2.43. The highest BCUT2D eigenvalue weighted by Gasteiger charge is 2.44. The molecule has 1 heterocycles. The fourth-order valence-corrected chi connectivity index (χ4v) is 5.82. The molecule has 1 aliphatic carbocycles. The van der Waals surface area contributed by atoms with E-state index in [2.05, 4.69) is 38.1 Å². The number of ketones is 1. The van der Waals surface area contributed by atoms with Crippen molar-refractivity contribution in [2.75, 3.05) is 4.90 Å². The summed E-state index contributed by atoms with van der Waals surface area (Å²) in [7, 11) is 0. The van der Waals surface area contributed by atoms with Gasteiger partial charge in [-0.05, 0) is 64.6 Å². The summed E-state index contributed by atoms with van der Waals surface area (Å²) in [5, 5.41) is 2.22. The average Bonchev–Trinajstić information content (AvgIpc) is 2.88. The van der Waals surface area contributed by atoms with E-state index >= 15 is 0 Å². The van der Waals surface area contributed by atoms with Crippen LogP contribution in [-0.4, -0.2) is 11.7 Å². The molecule has 0 saturated heterocycles. The lowest BCUT2D eigenvalue weighted by molar-refractivity contribution is -0.120. The Labute approximate surface area is 217 Å². The third-order valence-electron chi connectivity index (χ3n) is 7.42. The van der Waals surface area contributed by atoms with Gasteiger partial charge in [0.05, 0.1) is 0 Å². The Hall–Kier alpha value is -4.18. The minimum absolute atomic E-state index is 0.0129. The molecule has 0 fully saturated rings. The van der Waals surface area contributed by atoms with E-state index < -0.39 is 0 Å². The number of nitrogens with zero attached hydrogens (tertiary/aromatic N) is 1. The molecule has 0 radical (unpaired) electrons. The monoisotopic (exact) mass is 487 g/mol. The van der Waals surface area contributed by atoms with Crippen LogP contribution in [0.15, 0.2) is 108 Å². The van der Waals surface area contributed by atoms with Gasteiger partial charge in [-0.15, -0.1) is 0 Å². The molecular weight excluding hydrogens is 458 g/mol. The van der Waals surface area contributed by atoms with Crippen molar-refractivity contribution in [2.24, 2.45) is 5.41 Å². The summed E-state index contributed by atoms with van der Waals surface area (Å²) in [6, 6.07) is 31.6. The smallest absolute Gasteiger partial charge is 0.232 e. The Balaban J connectivity index is 1.43. The first-order valence-electron chi connectivity index (χ1n) is 12.8. The number of anilines is 1. The molecule has 1 amide bonds. The van der Waals surface area contributed by atoms with E-state index in [1.807, 2.05) is 72.8 Å². The number of rotatable bonds is 4. The topological polar surface area (TPSA) is 46.6 Å². The number of para-hydroxylation sites is 1. The zero-order valence-corrected chi connectivity index (χ0v) is 21.1. The number of allylic oxidation sites excluding steroid dienone is 2. The number of hydrogen-bond donors (Lipinski definition) is 0. The van der Waals surface area contributed by atoms with E-state index in [-0.39, 0.29) is 29.4 Å². The number of hydrogen-bond acceptors (Lipinski definition) is 3. The Bertz CT molecular complexity index is 1530. The molecule has 0 spiro atoms. The first-order valence-corrected chi connectivity index (χ1v) is 12.8. The summed E-state index contributed by atoms with van der Waals surface area (Å²) >= 11 is 0. The van der Waals surface area contributed by atoms with E-state index in [9.17, 15) is 9.59 Å². The maximum atomic E-state index is 13.8. The van der Waals surface area contributed by atoms with Crippen molar-refractivity contribution in [2.45, 2.75) is 39.0 Å². The van der Waals surface area contributed by atoms with Crippen LogP contribution < -0.4 is 9.64 Å². The summed E-state index contributed by atoms with van der Waals surface area (Å²) in [4.78, 5) is 29.3. The third kappa shape index (κ3) is 4.33. The molecule has 1 unspecified atom stereocenters. The second-order valence-electron chi connectivity index (χ2n) is 10.8. The number of ether oxygens (including phenoxy) is 1. The molecule has 1 atom stereocenters. The lowest BCUT2D eigenvalue weighted by atomic mass is 9.69. The molecule has 0 saturated carbocycles. The highest BCUT2D eigenvalue weighted by Crippen LogP contribution is 2.49. The maximum Gasteiger partial charge on any atom is 0.232 e. The second-order valence-corrected chi connectivity index (χ2v) is 10.8. The van der Waals surface area contributed by atoms with Gasteiger partial charge in [0.1, 0.15) is 11.5 Å². The lowest BCUT2D eigenvalue weighted by Gasteiger charge is -2.43. The molecule has 4 nitrogen and oxygen atoms in total. The Kier molecular flexibility index (Phi) is 5.68. The summed E-state index contributed by atoms with van der Waals surface area (Å²) in [5.41, 5.74) is 3.23. The van der Waals surface area contributed by atoms with Crippen LogP contribution in [0.3, 0.4) is 0 Å². The van der Waals surface area contributed by atoms with Gasteiger partial charge in [-0.25, -0.2) is 0 Å². The van der Waals surface area contributed by atoms with E-state index in [0.717, 1.165) is 39.0 Å². The van der Waals surface area contributed by atoms with E-state index in [4.69, 9.17) is 4.74 Å². The predicted molar refractivity (Wildman–Crippen MR) is 147 cm³/mol. The molecule has 4 heteroatoms. The van der Waals surface area contributed by atoms with Crippen molar-refractivity contribution >= 4 is 28.2 Å². The molecule has 0 bridgehead atoms. The predicted octanol–water partition coefficient (Wildman–Crippen LogP) is 7.80. The van der Waals surface area contributed by atoms with Gasteiger partial charge in [-0.2, -0.15) is 0 Å². The quantitative estimate of drug-likeness (QED) is 0.295. The zero-order valence-electron chi connectivity index (χ0n) is 21.1. The van der Waals surface area contributed by atoms with Crippen LogP contribution in [0.4, 0.5) is 5.69 Å². The normalized spacial score (nSPS) is 19.2. The molecule has 37 heavy (non-hydrogen) atoms. The fourth-order valence-electron chi connectivity index (χ4n) is 5.82. The minimum atomic E-state index is -0.242. The number of fused-ring (bicyclic) bond motifs is 1. The van der Waals surface area contributed by atoms with Crippen molar-refractivity contribution in [1.29, 1.82) is 0 Å². The number of amides is 1. The van der Waals surface area contributed by atoms with Gasteiger partial charge in [0.25, 0.3) is 0 Å². The number of carbonyl (C=O) groups is 2. The van der Waals surface area contributed by atoms with Crippen molar-refractivity contribution in [1.82, 2.24) is 0 Å². The highest BCUT2D eigenvalue weighted by atomic mass is 16.5. The average molecular weight is 488 g/mol. The highest BCUT2D eigenvalue weighted by molar-refractivity contribution is 6.08. The van der Waals surface area contributed by atoms with Gasteiger partial charge in [0, 0.05) is 35.7 Å². The Morgan fingerprint density at radius 2 is 1.43 bits per heavy atom. The van der Waals surface area contributed by atoms with Gasteiger partial charge < -0.3 is 4.74 Å². The number of benzene rings is 4. The second kappa shape index (κ2) is 9.04. The van der Waals surface area contributed by atoms with Crippen molar-refractivity contribution < 1.29 is 14.3 Å². The van der Waals surface area contributed by atoms with Gasteiger partial charge in [0.15, 0.2) is 5.78 Å². The van der Waals surface area contributed by atoms with Gasteiger partial charge in [-0.1, -0.05) is 74.5 Å². The molecule has 184 valence electrons. The Morgan fingerprint density at radius 1 is 0.757 bits per heavy atom. The molecule has 6 rings (SSSR count). The van der Waals surface area contributed by atoms with E-state index in [1.54, 1.807) is 4.90 Å². The Morgan fingerprint density at radius 3 is 2.22 bits per heavy atom. The van der Waals surface area contributed by atoms with Gasteiger partial charge in [-0.3, -0.25) is 14.5 Å². The van der Waals surface area contributed by atoms with Crippen molar-refractivity contribution in [3.63, 3.8) is 0 Å². The molecule has 4 aromatic rings. The standard InChI is InChI=1S/C33H29NO3/c1-33(2)20-29-32(30(35)21-33)28(27-14-8-10-22-9-6-7-13-26(22)27)19-31(36)34(29)23-15-17-25(18-16-23)37-24-11-4-3-5-12-24/h3-18,28H,19-21H2,1-2H3. The summed E-state index contributed by atoms with van der Waals surface area (Å²) < 4.78 is 5.95. The molecule has 0 N–H and O–H groups in total. The molecule has 4 aromatic carbocycles. The fraction of sp³-hybridized carbons (Fsp3) is 0.212.